The van der Waals surface area contributed by atoms with Crippen LogP contribution in [0.3, 0.4) is 0 Å². The number of carbonyl (C=O) groups is 1. The minimum atomic E-state index is -0.849. The van der Waals surface area contributed by atoms with Crippen LogP contribution in [-0.4, -0.2) is 18.7 Å². The molecule has 0 aliphatic carbocycles. The molecular weight excluding hydrogens is 348 g/mol. The molecule has 1 atom stereocenters. The van der Waals surface area contributed by atoms with Crippen LogP contribution in [-0.2, 0) is 22.6 Å². The Morgan fingerprint density at radius 1 is 1.15 bits per heavy atom. The molecule has 0 amide bonds. The van der Waals surface area contributed by atoms with Crippen LogP contribution in [0.1, 0.15) is 18.1 Å². The first kappa shape index (κ1) is 17.1. The largest absolute Gasteiger partial charge is 0.485 e. The summed E-state index contributed by atoms with van der Waals surface area (Å²) in [6, 6.07) is 14.1. The van der Waals surface area contributed by atoms with Gasteiger partial charge in [-0.05, 0) is 30.2 Å². The molecule has 1 aromatic heterocycles. The third kappa shape index (κ3) is 3.51. The summed E-state index contributed by atoms with van der Waals surface area (Å²) in [5.74, 6) is 0.555. The van der Waals surface area contributed by atoms with E-state index >= 15 is 0 Å². The fraction of sp³-hybridized carbons (Fsp3) is 0.238. The molecule has 138 valence electrons. The van der Waals surface area contributed by atoms with Gasteiger partial charge in [0.25, 0.3) is 0 Å². The summed E-state index contributed by atoms with van der Waals surface area (Å²) in [5, 5.41) is 0.741. The van der Waals surface area contributed by atoms with Crippen LogP contribution < -0.4 is 15.1 Å². The maximum Gasteiger partial charge on any atom is 0.351 e. The van der Waals surface area contributed by atoms with Gasteiger partial charge in [0.2, 0.25) is 6.10 Å². The van der Waals surface area contributed by atoms with Crippen molar-refractivity contribution in [3.05, 3.63) is 70.1 Å². The summed E-state index contributed by atoms with van der Waals surface area (Å²) in [5.41, 5.74) is 1.66. The van der Waals surface area contributed by atoms with Crippen molar-refractivity contribution in [1.82, 2.24) is 0 Å². The number of para-hydroxylation sites is 2. The summed E-state index contributed by atoms with van der Waals surface area (Å²) in [7, 11) is 0. The van der Waals surface area contributed by atoms with E-state index in [1.54, 1.807) is 18.2 Å². The number of ether oxygens (including phenoxy) is 3. The predicted molar refractivity (Wildman–Crippen MR) is 98.0 cm³/mol. The van der Waals surface area contributed by atoms with Gasteiger partial charge in [-0.15, -0.1) is 0 Å². The number of esters is 1. The number of fused-ring (bicyclic) bond motifs is 2. The molecule has 27 heavy (non-hydrogen) atoms. The van der Waals surface area contributed by atoms with Gasteiger partial charge in [0.15, 0.2) is 11.5 Å². The fourth-order valence-electron chi connectivity index (χ4n) is 2.99. The Bertz CT molecular complexity index is 1050. The van der Waals surface area contributed by atoms with E-state index in [2.05, 4.69) is 0 Å². The highest BCUT2D eigenvalue weighted by atomic mass is 16.6. The number of aryl methyl sites for hydroxylation is 1. The van der Waals surface area contributed by atoms with Crippen LogP contribution in [0.5, 0.6) is 11.5 Å². The Kier molecular flexibility index (Phi) is 4.54. The van der Waals surface area contributed by atoms with Crippen LogP contribution in [0, 0.1) is 0 Å². The van der Waals surface area contributed by atoms with Crippen LogP contribution >= 0.6 is 0 Å². The molecule has 2 aromatic carbocycles. The van der Waals surface area contributed by atoms with Crippen molar-refractivity contribution in [3.8, 4) is 11.5 Å². The lowest BCUT2D eigenvalue weighted by Crippen LogP contribution is -2.37. The van der Waals surface area contributed by atoms with Crippen molar-refractivity contribution in [2.24, 2.45) is 0 Å². The van der Waals surface area contributed by atoms with E-state index in [1.807, 2.05) is 31.2 Å². The topological polar surface area (TPSA) is 75.0 Å². The first-order valence-electron chi connectivity index (χ1n) is 8.75. The molecule has 0 spiro atoms. The van der Waals surface area contributed by atoms with E-state index in [-0.39, 0.29) is 13.2 Å². The summed E-state index contributed by atoms with van der Waals surface area (Å²) in [6.45, 7) is 2.05. The summed E-state index contributed by atoms with van der Waals surface area (Å²) < 4.78 is 21.8. The van der Waals surface area contributed by atoms with Crippen LogP contribution in [0.4, 0.5) is 0 Å². The molecule has 0 bridgehead atoms. The molecule has 3 aromatic rings. The van der Waals surface area contributed by atoms with E-state index in [0.717, 1.165) is 17.4 Å². The van der Waals surface area contributed by atoms with Crippen LogP contribution in [0.25, 0.3) is 11.0 Å². The van der Waals surface area contributed by atoms with Gasteiger partial charge in [0, 0.05) is 17.0 Å². The molecule has 0 saturated carbocycles. The summed E-state index contributed by atoms with van der Waals surface area (Å²) >= 11 is 0. The van der Waals surface area contributed by atoms with Gasteiger partial charge in [0.05, 0.1) is 0 Å². The third-order valence-corrected chi connectivity index (χ3v) is 4.44. The molecule has 0 saturated heterocycles. The standard InChI is InChI=1S/C21H18O6/c1-2-13-7-8-15-14(10-20(22)27-18(15)9-13)11-25-21(23)19-12-24-16-5-3-4-6-17(16)26-19/h3-10,19H,2,11-12H2,1H3/t19-/m0/s1. The number of carbonyl (C=O) groups excluding carboxylic acids is 1. The molecule has 0 radical (unpaired) electrons. The molecule has 0 fully saturated rings. The van der Waals surface area contributed by atoms with Crippen molar-refractivity contribution < 1.29 is 23.4 Å². The van der Waals surface area contributed by atoms with E-state index in [1.165, 1.54) is 6.07 Å². The van der Waals surface area contributed by atoms with Crippen LogP contribution in [0.15, 0.2) is 57.7 Å². The highest BCUT2D eigenvalue weighted by Crippen LogP contribution is 2.31. The van der Waals surface area contributed by atoms with Gasteiger partial charge in [-0.2, -0.15) is 0 Å². The van der Waals surface area contributed by atoms with E-state index in [9.17, 15) is 9.59 Å². The molecule has 0 N–H and O–H groups in total. The van der Waals surface area contributed by atoms with E-state index < -0.39 is 17.7 Å². The zero-order valence-electron chi connectivity index (χ0n) is 14.8. The van der Waals surface area contributed by atoms with Gasteiger partial charge >= 0.3 is 11.6 Å². The van der Waals surface area contributed by atoms with Gasteiger partial charge < -0.3 is 18.6 Å². The SMILES string of the molecule is CCc1ccc2c(COC(=O)[C@@H]3COc4ccccc4O3)cc(=O)oc2c1. The average molecular weight is 366 g/mol. The van der Waals surface area contributed by atoms with Crippen molar-refractivity contribution in [2.45, 2.75) is 26.1 Å². The smallest absolute Gasteiger partial charge is 0.351 e. The molecule has 1 aliphatic heterocycles. The Labute approximate surface area is 155 Å². The zero-order chi connectivity index (χ0) is 18.8. The molecule has 0 unspecified atom stereocenters. The monoisotopic (exact) mass is 366 g/mol. The van der Waals surface area contributed by atoms with Crippen LogP contribution in [0.2, 0.25) is 0 Å². The highest BCUT2D eigenvalue weighted by Gasteiger charge is 2.28. The average Bonchev–Trinajstić information content (AvgIpc) is 2.70. The molecule has 2 heterocycles. The predicted octanol–water partition coefficient (Wildman–Crippen LogP) is 3.24. The van der Waals surface area contributed by atoms with Gasteiger partial charge in [-0.1, -0.05) is 31.2 Å². The Hall–Kier alpha value is -3.28. The zero-order valence-corrected chi connectivity index (χ0v) is 14.8. The normalized spacial score (nSPS) is 15.5. The van der Waals surface area contributed by atoms with E-state index in [4.69, 9.17) is 18.6 Å². The van der Waals surface area contributed by atoms with Crippen molar-refractivity contribution in [1.29, 1.82) is 0 Å². The Morgan fingerprint density at radius 3 is 2.78 bits per heavy atom. The maximum atomic E-state index is 12.4. The number of hydrogen-bond donors (Lipinski definition) is 0. The first-order valence-corrected chi connectivity index (χ1v) is 8.75. The highest BCUT2D eigenvalue weighted by molar-refractivity contribution is 5.81. The molecule has 6 nitrogen and oxygen atoms in total. The second-order valence-corrected chi connectivity index (χ2v) is 6.25. The lowest BCUT2D eigenvalue weighted by molar-refractivity contribution is -0.155. The van der Waals surface area contributed by atoms with Crippen molar-refractivity contribution >= 4 is 16.9 Å². The summed E-state index contributed by atoms with van der Waals surface area (Å²) in [4.78, 5) is 24.2. The van der Waals surface area contributed by atoms with E-state index in [0.29, 0.717) is 22.6 Å². The van der Waals surface area contributed by atoms with Gasteiger partial charge in [-0.25, -0.2) is 9.59 Å². The van der Waals surface area contributed by atoms with Gasteiger partial charge in [-0.3, -0.25) is 0 Å². The Morgan fingerprint density at radius 2 is 1.96 bits per heavy atom. The summed E-state index contributed by atoms with van der Waals surface area (Å²) in [6.07, 6.45) is -0.0164. The quantitative estimate of drug-likeness (QED) is 0.521. The number of hydrogen-bond acceptors (Lipinski definition) is 6. The molecule has 1 aliphatic rings. The first-order chi connectivity index (χ1) is 13.1. The minimum Gasteiger partial charge on any atom is -0.485 e. The van der Waals surface area contributed by atoms with Crippen molar-refractivity contribution in [2.75, 3.05) is 6.61 Å². The molecule has 4 rings (SSSR count). The lowest BCUT2D eigenvalue weighted by atomic mass is 10.1. The lowest BCUT2D eigenvalue weighted by Gasteiger charge is -2.24. The third-order valence-electron chi connectivity index (χ3n) is 4.44. The number of rotatable bonds is 4. The van der Waals surface area contributed by atoms with Crippen molar-refractivity contribution in [3.63, 3.8) is 0 Å². The van der Waals surface area contributed by atoms with Gasteiger partial charge in [0.1, 0.15) is 18.8 Å². The maximum absolute atomic E-state index is 12.4. The minimum absolute atomic E-state index is 0.0477. The molecular formula is C21H18O6. The fourth-order valence-corrected chi connectivity index (χ4v) is 2.99. The Balaban J connectivity index is 1.50. The molecule has 6 heteroatoms. The second kappa shape index (κ2) is 7.15. The second-order valence-electron chi connectivity index (χ2n) is 6.25. The number of benzene rings is 2.